The first-order chi connectivity index (χ1) is 8.33. The SMILES string of the molecule is CCC1CCCCN1Cc1cccc(NC)n1. The fourth-order valence-electron chi connectivity index (χ4n) is 2.65. The zero-order chi connectivity index (χ0) is 12.1. The standard InChI is InChI=1S/C14H23N3/c1-3-13-8-4-5-10-17(13)11-12-7-6-9-14(15-2)16-12/h6-7,9,13H,3-5,8,10-11H2,1-2H3,(H,15,16). The topological polar surface area (TPSA) is 28.2 Å². The van der Waals surface area contributed by atoms with Crippen molar-refractivity contribution >= 4 is 5.82 Å². The van der Waals surface area contributed by atoms with Crippen molar-refractivity contribution in [1.29, 1.82) is 0 Å². The molecule has 2 heterocycles. The molecule has 1 N–H and O–H groups in total. The molecule has 1 aromatic rings. The Bertz CT molecular complexity index is 351. The van der Waals surface area contributed by atoms with Crippen LogP contribution in [0.15, 0.2) is 18.2 Å². The minimum atomic E-state index is 0.754. The van der Waals surface area contributed by atoms with Crippen molar-refractivity contribution in [2.24, 2.45) is 0 Å². The average molecular weight is 233 g/mol. The van der Waals surface area contributed by atoms with E-state index in [1.807, 2.05) is 13.1 Å². The number of aromatic nitrogens is 1. The molecule has 1 aliphatic heterocycles. The Balaban J connectivity index is 2.02. The van der Waals surface area contributed by atoms with E-state index in [0.717, 1.165) is 18.4 Å². The molecule has 1 fully saturated rings. The second kappa shape index (κ2) is 6.01. The maximum absolute atomic E-state index is 4.60. The van der Waals surface area contributed by atoms with Crippen LogP contribution in [0.5, 0.6) is 0 Å². The number of pyridine rings is 1. The highest BCUT2D eigenvalue weighted by atomic mass is 15.2. The van der Waals surface area contributed by atoms with Crippen molar-refractivity contribution in [2.45, 2.75) is 45.2 Å². The summed E-state index contributed by atoms with van der Waals surface area (Å²) in [5, 5.41) is 3.10. The van der Waals surface area contributed by atoms with Crippen LogP contribution in [0.3, 0.4) is 0 Å². The van der Waals surface area contributed by atoms with Gasteiger partial charge in [0.2, 0.25) is 0 Å². The Kier molecular flexibility index (Phi) is 4.37. The van der Waals surface area contributed by atoms with E-state index in [0.29, 0.717) is 0 Å². The zero-order valence-electron chi connectivity index (χ0n) is 10.9. The van der Waals surface area contributed by atoms with Gasteiger partial charge >= 0.3 is 0 Å². The van der Waals surface area contributed by atoms with Crippen LogP contribution in [0, 0.1) is 0 Å². The first kappa shape index (κ1) is 12.4. The van der Waals surface area contributed by atoms with Crippen LogP contribution in [0.1, 0.15) is 38.3 Å². The quantitative estimate of drug-likeness (QED) is 0.866. The van der Waals surface area contributed by atoms with Gasteiger partial charge in [-0.3, -0.25) is 4.90 Å². The molecule has 0 aromatic carbocycles. The summed E-state index contributed by atoms with van der Waals surface area (Å²) in [5.41, 5.74) is 1.18. The Morgan fingerprint density at radius 3 is 3.06 bits per heavy atom. The molecule has 1 atom stereocenters. The van der Waals surface area contributed by atoms with Gasteiger partial charge in [0, 0.05) is 19.6 Å². The molecule has 17 heavy (non-hydrogen) atoms. The molecule has 0 bridgehead atoms. The Labute approximate surface area is 104 Å². The van der Waals surface area contributed by atoms with E-state index in [2.05, 4.69) is 34.3 Å². The summed E-state index contributed by atoms with van der Waals surface area (Å²) in [6, 6.07) is 6.97. The summed E-state index contributed by atoms with van der Waals surface area (Å²) in [4.78, 5) is 7.19. The van der Waals surface area contributed by atoms with Gasteiger partial charge in [0.15, 0.2) is 0 Å². The third-order valence-electron chi connectivity index (χ3n) is 3.65. The number of rotatable bonds is 4. The van der Waals surface area contributed by atoms with Gasteiger partial charge in [0.25, 0.3) is 0 Å². The van der Waals surface area contributed by atoms with E-state index in [1.54, 1.807) is 0 Å². The number of nitrogens with one attached hydrogen (secondary N) is 1. The van der Waals surface area contributed by atoms with Gasteiger partial charge in [-0.15, -0.1) is 0 Å². The van der Waals surface area contributed by atoms with E-state index in [1.165, 1.54) is 37.9 Å². The molecule has 1 saturated heterocycles. The minimum Gasteiger partial charge on any atom is -0.373 e. The molecular weight excluding hydrogens is 210 g/mol. The second-order valence-electron chi connectivity index (χ2n) is 4.79. The Morgan fingerprint density at radius 2 is 2.29 bits per heavy atom. The van der Waals surface area contributed by atoms with Crippen molar-refractivity contribution in [3.05, 3.63) is 23.9 Å². The number of likely N-dealkylation sites (tertiary alicyclic amines) is 1. The molecule has 0 radical (unpaired) electrons. The van der Waals surface area contributed by atoms with E-state index in [4.69, 9.17) is 0 Å². The Morgan fingerprint density at radius 1 is 1.41 bits per heavy atom. The normalized spacial score (nSPS) is 21.4. The fraction of sp³-hybridized carbons (Fsp3) is 0.643. The summed E-state index contributed by atoms with van der Waals surface area (Å²) in [5.74, 6) is 0.965. The van der Waals surface area contributed by atoms with Crippen LogP contribution in [0.2, 0.25) is 0 Å². The lowest BCUT2D eigenvalue weighted by Gasteiger charge is -2.34. The molecule has 1 unspecified atom stereocenters. The van der Waals surface area contributed by atoms with Crippen LogP contribution < -0.4 is 5.32 Å². The molecule has 0 amide bonds. The summed E-state index contributed by atoms with van der Waals surface area (Å²) in [6.45, 7) is 4.51. The van der Waals surface area contributed by atoms with E-state index in [-0.39, 0.29) is 0 Å². The van der Waals surface area contributed by atoms with Crippen LogP contribution in [0.25, 0.3) is 0 Å². The van der Waals surface area contributed by atoms with Gasteiger partial charge in [-0.25, -0.2) is 4.98 Å². The maximum atomic E-state index is 4.60. The highest BCUT2D eigenvalue weighted by Gasteiger charge is 2.20. The lowest BCUT2D eigenvalue weighted by molar-refractivity contribution is 0.134. The molecule has 0 aliphatic carbocycles. The van der Waals surface area contributed by atoms with Gasteiger partial charge in [-0.1, -0.05) is 19.4 Å². The van der Waals surface area contributed by atoms with Crippen LogP contribution in [0.4, 0.5) is 5.82 Å². The third-order valence-corrected chi connectivity index (χ3v) is 3.65. The van der Waals surface area contributed by atoms with Crippen LogP contribution in [-0.4, -0.2) is 29.5 Å². The first-order valence-corrected chi connectivity index (χ1v) is 6.71. The largest absolute Gasteiger partial charge is 0.373 e. The van der Waals surface area contributed by atoms with Gasteiger partial charge in [0.05, 0.1) is 5.69 Å². The molecule has 3 nitrogen and oxygen atoms in total. The van der Waals surface area contributed by atoms with Crippen molar-refractivity contribution in [3.63, 3.8) is 0 Å². The summed E-state index contributed by atoms with van der Waals surface area (Å²) in [7, 11) is 1.92. The van der Waals surface area contributed by atoms with Gasteiger partial charge in [-0.05, 0) is 37.9 Å². The maximum Gasteiger partial charge on any atom is 0.126 e. The van der Waals surface area contributed by atoms with Gasteiger partial charge in [0.1, 0.15) is 5.82 Å². The smallest absolute Gasteiger partial charge is 0.126 e. The highest BCUT2D eigenvalue weighted by molar-refractivity contribution is 5.34. The Hall–Kier alpha value is -1.09. The van der Waals surface area contributed by atoms with Crippen LogP contribution in [-0.2, 0) is 6.54 Å². The zero-order valence-corrected chi connectivity index (χ0v) is 10.9. The summed E-state index contributed by atoms with van der Waals surface area (Å²) < 4.78 is 0. The predicted octanol–water partition coefficient (Wildman–Crippen LogP) is 2.89. The van der Waals surface area contributed by atoms with E-state index < -0.39 is 0 Å². The monoisotopic (exact) mass is 233 g/mol. The fourth-order valence-corrected chi connectivity index (χ4v) is 2.65. The van der Waals surface area contributed by atoms with Crippen molar-refractivity contribution in [1.82, 2.24) is 9.88 Å². The lowest BCUT2D eigenvalue weighted by Crippen LogP contribution is -2.38. The van der Waals surface area contributed by atoms with E-state index >= 15 is 0 Å². The van der Waals surface area contributed by atoms with Gasteiger partial charge in [-0.2, -0.15) is 0 Å². The molecule has 0 spiro atoms. The third kappa shape index (κ3) is 3.19. The van der Waals surface area contributed by atoms with Crippen molar-refractivity contribution in [3.8, 4) is 0 Å². The molecule has 94 valence electrons. The molecule has 1 aromatic heterocycles. The summed E-state index contributed by atoms with van der Waals surface area (Å²) in [6.07, 6.45) is 5.33. The number of hydrogen-bond acceptors (Lipinski definition) is 3. The van der Waals surface area contributed by atoms with Gasteiger partial charge < -0.3 is 5.32 Å². The number of piperidine rings is 1. The minimum absolute atomic E-state index is 0.754. The molecule has 3 heteroatoms. The molecular formula is C14H23N3. The second-order valence-corrected chi connectivity index (χ2v) is 4.79. The van der Waals surface area contributed by atoms with Crippen LogP contribution >= 0.6 is 0 Å². The molecule has 0 saturated carbocycles. The van der Waals surface area contributed by atoms with Crippen molar-refractivity contribution in [2.75, 3.05) is 18.9 Å². The first-order valence-electron chi connectivity index (χ1n) is 6.71. The predicted molar refractivity (Wildman–Crippen MR) is 72.1 cm³/mol. The number of anilines is 1. The lowest BCUT2D eigenvalue weighted by atomic mass is 10.00. The van der Waals surface area contributed by atoms with E-state index in [9.17, 15) is 0 Å². The molecule has 2 rings (SSSR count). The highest BCUT2D eigenvalue weighted by Crippen LogP contribution is 2.21. The summed E-state index contributed by atoms with van der Waals surface area (Å²) >= 11 is 0. The number of nitrogens with zero attached hydrogens (tertiary/aromatic N) is 2. The average Bonchev–Trinajstić information content (AvgIpc) is 2.39. The number of hydrogen-bond donors (Lipinski definition) is 1. The molecule has 1 aliphatic rings. The van der Waals surface area contributed by atoms with Crippen molar-refractivity contribution < 1.29 is 0 Å².